The van der Waals surface area contributed by atoms with Crippen molar-refractivity contribution in [2.45, 2.75) is 20.3 Å². The Morgan fingerprint density at radius 3 is 2.58 bits per heavy atom. The number of carbonyl (C=O) groups excluding carboxylic acids is 3. The number of methoxy groups -OCH3 is 1. The molecule has 1 rings (SSSR count). The number of carbonyl (C=O) groups is 3. The van der Waals surface area contributed by atoms with Crippen LogP contribution in [0.4, 0.5) is 4.79 Å². The van der Waals surface area contributed by atoms with E-state index >= 15 is 0 Å². The summed E-state index contributed by atoms with van der Waals surface area (Å²) >= 11 is 0. The molecule has 0 bridgehead atoms. The van der Waals surface area contributed by atoms with Crippen LogP contribution in [-0.4, -0.2) is 44.8 Å². The molecule has 0 saturated carbocycles. The van der Waals surface area contributed by atoms with Gasteiger partial charge in [0.25, 0.3) is 5.91 Å². The minimum Gasteiger partial charge on any atom is -0.493 e. The third-order valence-electron chi connectivity index (χ3n) is 3.00. The molecule has 2 N–H and O–H groups in total. The summed E-state index contributed by atoms with van der Waals surface area (Å²) in [4.78, 5) is 34.2. The molecule has 0 atom stereocenters. The van der Waals surface area contributed by atoms with Crippen molar-refractivity contribution in [2.24, 2.45) is 0 Å². The highest BCUT2D eigenvalue weighted by Crippen LogP contribution is 2.28. The number of nitrogens with one attached hydrogen (secondary N) is 2. The molecule has 0 unspecified atom stereocenters. The van der Waals surface area contributed by atoms with E-state index < -0.39 is 24.5 Å². The molecule has 26 heavy (non-hydrogen) atoms. The smallest absolute Gasteiger partial charge is 0.331 e. The van der Waals surface area contributed by atoms with E-state index in [0.29, 0.717) is 30.2 Å². The molecule has 8 heteroatoms. The van der Waals surface area contributed by atoms with Gasteiger partial charge < -0.3 is 19.5 Å². The molecule has 0 aliphatic rings. The lowest BCUT2D eigenvalue weighted by Crippen LogP contribution is -2.41. The van der Waals surface area contributed by atoms with E-state index in [1.165, 1.54) is 19.3 Å². The summed E-state index contributed by atoms with van der Waals surface area (Å²) in [5, 5.41) is 4.42. The van der Waals surface area contributed by atoms with Gasteiger partial charge in [-0.05, 0) is 37.1 Å². The van der Waals surface area contributed by atoms with Gasteiger partial charge in [0.2, 0.25) is 0 Å². The van der Waals surface area contributed by atoms with Crippen LogP contribution in [0.3, 0.4) is 0 Å². The zero-order chi connectivity index (χ0) is 19.4. The zero-order valence-electron chi connectivity index (χ0n) is 15.2. The minimum absolute atomic E-state index is 0.382. The van der Waals surface area contributed by atoms with Gasteiger partial charge in [0.15, 0.2) is 18.1 Å². The molecule has 0 fully saturated rings. The van der Waals surface area contributed by atoms with Gasteiger partial charge in [-0.2, -0.15) is 0 Å². The van der Waals surface area contributed by atoms with E-state index in [-0.39, 0.29) is 0 Å². The fourth-order valence-corrected chi connectivity index (χ4v) is 1.84. The van der Waals surface area contributed by atoms with Crippen LogP contribution in [0.1, 0.15) is 25.8 Å². The Morgan fingerprint density at radius 1 is 1.15 bits per heavy atom. The first-order valence-electron chi connectivity index (χ1n) is 8.23. The van der Waals surface area contributed by atoms with E-state index in [4.69, 9.17) is 14.2 Å². The maximum absolute atomic E-state index is 11.6. The second-order valence-electron chi connectivity index (χ2n) is 5.11. The molecular weight excluding hydrogens is 340 g/mol. The predicted molar refractivity (Wildman–Crippen MR) is 96.0 cm³/mol. The monoisotopic (exact) mass is 364 g/mol. The molecule has 142 valence electrons. The highest BCUT2D eigenvalue weighted by molar-refractivity contribution is 5.96. The molecule has 0 saturated heterocycles. The van der Waals surface area contributed by atoms with Crippen molar-refractivity contribution in [2.75, 3.05) is 26.9 Å². The Hall–Kier alpha value is -3.03. The molecule has 3 amide bonds. The Morgan fingerprint density at radius 2 is 1.92 bits per heavy atom. The molecule has 0 radical (unpaired) electrons. The average molecular weight is 364 g/mol. The van der Waals surface area contributed by atoms with Crippen molar-refractivity contribution in [3.63, 3.8) is 0 Å². The van der Waals surface area contributed by atoms with Gasteiger partial charge in [-0.1, -0.05) is 13.0 Å². The summed E-state index contributed by atoms with van der Waals surface area (Å²) in [6.45, 7) is 4.13. The maximum atomic E-state index is 11.6. The lowest BCUT2D eigenvalue weighted by Gasteiger charge is -2.10. The molecule has 0 aromatic heterocycles. The molecule has 0 heterocycles. The summed E-state index contributed by atoms with van der Waals surface area (Å²) in [6, 6.07) is 4.59. The van der Waals surface area contributed by atoms with Gasteiger partial charge in [0, 0.05) is 12.6 Å². The fourth-order valence-electron chi connectivity index (χ4n) is 1.84. The quantitative estimate of drug-likeness (QED) is 0.512. The summed E-state index contributed by atoms with van der Waals surface area (Å²) in [5.41, 5.74) is 0.703. The normalized spacial score (nSPS) is 10.3. The second kappa shape index (κ2) is 11.5. The van der Waals surface area contributed by atoms with E-state index in [0.717, 1.165) is 6.42 Å². The fraction of sp³-hybridized carbons (Fsp3) is 0.389. The van der Waals surface area contributed by atoms with Gasteiger partial charge >= 0.3 is 12.0 Å². The first kappa shape index (κ1) is 21.0. The number of hydrogen-bond donors (Lipinski definition) is 2. The second-order valence-corrected chi connectivity index (χ2v) is 5.11. The van der Waals surface area contributed by atoms with E-state index in [1.54, 1.807) is 25.1 Å². The summed E-state index contributed by atoms with van der Waals surface area (Å²) in [5.74, 6) is -0.246. The number of rotatable bonds is 9. The van der Waals surface area contributed by atoms with Crippen LogP contribution in [-0.2, 0) is 14.3 Å². The molecule has 1 aromatic carbocycles. The standard InChI is InChI=1S/C18H24N2O6/c1-4-10-25-14-8-6-13(11-15(14)24-3)7-9-17(22)26-12-16(21)20-18(23)19-5-2/h6-9,11H,4-5,10,12H2,1-3H3,(H2,19,20,21,23)/b9-7+. The van der Waals surface area contributed by atoms with Crippen molar-refractivity contribution in [1.29, 1.82) is 0 Å². The Balaban J connectivity index is 2.54. The number of hydrogen-bond acceptors (Lipinski definition) is 6. The SMILES string of the molecule is CCCOc1ccc(/C=C/C(=O)OCC(=O)NC(=O)NCC)cc1OC. The van der Waals surface area contributed by atoms with E-state index in [2.05, 4.69) is 5.32 Å². The van der Waals surface area contributed by atoms with Crippen LogP contribution in [0.15, 0.2) is 24.3 Å². The predicted octanol–water partition coefficient (Wildman–Crippen LogP) is 1.89. The Kier molecular flexibility index (Phi) is 9.30. The summed E-state index contributed by atoms with van der Waals surface area (Å²) < 4.78 is 15.6. The summed E-state index contributed by atoms with van der Waals surface area (Å²) in [7, 11) is 1.53. The number of ether oxygens (including phenoxy) is 3. The van der Waals surface area contributed by atoms with Gasteiger partial charge in [0.05, 0.1) is 13.7 Å². The van der Waals surface area contributed by atoms with Crippen molar-refractivity contribution < 1.29 is 28.6 Å². The molecule has 0 aliphatic carbocycles. The first-order chi connectivity index (χ1) is 12.5. The average Bonchev–Trinajstić information content (AvgIpc) is 2.63. The molecule has 0 spiro atoms. The number of esters is 1. The Labute approximate surface area is 152 Å². The lowest BCUT2D eigenvalue weighted by atomic mass is 10.2. The minimum atomic E-state index is -0.711. The van der Waals surface area contributed by atoms with Crippen molar-refractivity contribution in [3.8, 4) is 11.5 Å². The van der Waals surface area contributed by atoms with Crippen LogP contribution in [0.25, 0.3) is 6.08 Å². The zero-order valence-corrected chi connectivity index (χ0v) is 15.2. The van der Waals surface area contributed by atoms with Crippen LogP contribution in [0.5, 0.6) is 11.5 Å². The number of urea groups is 1. The summed E-state index contributed by atoms with van der Waals surface area (Å²) in [6.07, 6.45) is 3.58. The third kappa shape index (κ3) is 7.69. The van der Waals surface area contributed by atoms with Gasteiger partial charge in [-0.25, -0.2) is 9.59 Å². The molecule has 1 aromatic rings. The van der Waals surface area contributed by atoms with Crippen LogP contribution in [0.2, 0.25) is 0 Å². The van der Waals surface area contributed by atoms with Gasteiger partial charge in [-0.3, -0.25) is 10.1 Å². The van der Waals surface area contributed by atoms with Crippen molar-refractivity contribution >= 4 is 24.0 Å². The third-order valence-corrected chi connectivity index (χ3v) is 3.00. The first-order valence-corrected chi connectivity index (χ1v) is 8.23. The largest absolute Gasteiger partial charge is 0.493 e. The lowest BCUT2D eigenvalue weighted by molar-refractivity contribution is -0.143. The Bertz CT molecular complexity index is 657. The van der Waals surface area contributed by atoms with Crippen molar-refractivity contribution in [3.05, 3.63) is 29.8 Å². The molecule has 8 nitrogen and oxygen atoms in total. The maximum Gasteiger partial charge on any atom is 0.331 e. The number of imide groups is 1. The van der Waals surface area contributed by atoms with Crippen molar-refractivity contribution in [1.82, 2.24) is 10.6 Å². The van der Waals surface area contributed by atoms with Gasteiger partial charge in [-0.15, -0.1) is 0 Å². The number of amides is 3. The highest BCUT2D eigenvalue weighted by Gasteiger charge is 2.09. The van der Waals surface area contributed by atoms with Crippen LogP contribution in [0, 0.1) is 0 Å². The van der Waals surface area contributed by atoms with E-state index in [9.17, 15) is 14.4 Å². The van der Waals surface area contributed by atoms with Gasteiger partial charge in [0.1, 0.15) is 0 Å². The number of benzene rings is 1. The van der Waals surface area contributed by atoms with Crippen LogP contribution >= 0.6 is 0 Å². The molecular formula is C18H24N2O6. The van der Waals surface area contributed by atoms with Crippen LogP contribution < -0.4 is 20.1 Å². The van der Waals surface area contributed by atoms with E-state index in [1.807, 2.05) is 12.2 Å². The molecule has 0 aliphatic heterocycles. The highest BCUT2D eigenvalue weighted by atomic mass is 16.5. The topological polar surface area (TPSA) is 103 Å².